The van der Waals surface area contributed by atoms with Gasteiger partial charge in [-0.15, -0.1) is 0 Å². The number of rotatable bonds is 6. The third-order valence-corrected chi connectivity index (χ3v) is 4.71. The number of hydrogen-bond donors (Lipinski definition) is 2. The van der Waals surface area contributed by atoms with Gasteiger partial charge in [0.15, 0.2) is 0 Å². The minimum atomic E-state index is 0.310. The van der Waals surface area contributed by atoms with Gasteiger partial charge < -0.3 is 10.4 Å². The van der Waals surface area contributed by atoms with Gasteiger partial charge in [-0.05, 0) is 44.1 Å². The molecule has 2 atom stereocenters. The molecular weight excluding hydrogens is 224 g/mol. The third-order valence-electron chi connectivity index (χ3n) is 4.71. The summed E-state index contributed by atoms with van der Waals surface area (Å²) in [6.45, 7) is 8.63. The molecule has 3 nitrogen and oxygen atoms in total. The first-order chi connectivity index (χ1) is 8.62. The van der Waals surface area contributed by atoms with Crippen molar-refractivity contribution in [3.05, 3.63) is 0 Å². The first-order valence-electron chi connectivity index (χ1n) is 7.71. The number of hydrogen-bond acceptors (Lipinski definition) is 3. The molecule has 0 bridgehead atoms. The van der Waals surface area contributed by atoms with Gasteiger partial charge in [-0.1, -0.05) is 20.3 Å². The molecule has 2 aliphatic heterocycles. The van der Waals surface area contributed by atoms with Crippen LogP contribution >= 0.6 is 0 Å². The predicted octanol–water partition coefficient (Wildman–Crippen LogP) is 2.00. The van der Waals surface area contributed by atoms with Gasteiger partial charge in [0.1, 0.15) is 0 Å². The summed E-state index contributed by atoms with van der Waals surface area (Å²) in [5, 5.41) is 12.7. The second-order valence-corrected chi connectivity index (χ2v) is 6.87. The molecule has 2 N–H and O–H groups in total. The highest BCUT2D eigenvalue weighted by molar-refractivity contribution is 4.94. The normalized spacial score (nSPS) is 29.5. The predicted molar refractivity (Wildman–Crippen MR) is 75.7 cm³/mol. The van der Waals surface area contributed by atoms with E-state index >= 15 is 0 Å². The molecule has 0 aromatic rings. The summed E-state index contributed by atoms with van der Waals surface area (Å²) in [5.74, 6) is 0. The first-order valence-corrected chi connectivity index (χ1v) is 7.71. The quantitative estimate of drug-likeness (QED) is 0.761. The Kier molecular flexibility index (Phi) is 5.05. The molecule has 2 unspecified atom stereocenters. The van der Waals surface area contributed by atoms with Crippen LogP contribution in [0.2, 0.25) is 0 Å². The van der Waals surface area contributed by atoms with E-state index in [9.17, 15) is 0 Å². The summed E-state index contributed by atoms with van der Waals surface area (Å²) < 4.78 is 0. The highest BCUT2D eigenvalue weighted by Crippen LogP contribution is 2.28. The van der Waals surface area contributed by atoms with Crippen molar-refractivity contribution in [1.82, 2.24) is 10.2 Å². The van der Waals surface area contributed by atoms with Crippen molar-refractivity contribution in [2.45, 2.75) is 64.5 Å². The lowest BCUT2D eigenvalue weighted by Crippen LogP contribution is -2.47. The van der Waals surface area contributed by atoms with Crippen LogP contribution in [-0.4, -0.2) is 48.3 Å². The van der Waals surface area contributed by atoms with E-state index < -0.39 is 0 Å². The SMILES string of the molecule is CC(C)(CCCO)CNC1CCN2CCCCC12. The summed E-state index contributed by atoms with van der Waals surface area (Å²) >= 11 is 0. The van der Waals surface area contributed by atoms with E-state index in [0.29, 0.717) is 18.1 Å². The van der Waals surface area contributed by atoms with Gasteiger partial charge in [-0.2, -0.15) is 0 Å². The Labute approximate surface area is 112 Å². The molecule has 106 valence electrons. The summed E-state index contributed by atoms with van der Waals surface area (Å²) in [5.41, 5.74) is 0.310. The van der Waals surface area contributed by atoms with Gasteiger partial charge >= 0.3 is 0 Å². The maximum Gasteiger partial charge on any atom is 0.0431 e. The van der Waals surface area contributed by atoms with Crippen molar-refractivity contribution in [3.63, 3.8) is 0 Å². The third kappa shape index (κ3) is 3.69. The zero-order valence-corrected chi connectivity index (χ0v) is 12.1. The minimum absolute atomic E-state index is 0.310. The monoisotopic (exact) mass is 254 g/mol. The van der Waals surface area contributed by atoms with E-state index in [1.54, 1.807) is 0 Å². The van der Waals surface area contributed by atoms with Crippen LogP contribution in [0, 0.1) is 5.41 Å². The summed E-state index contributed by atoms with van der Waals surface area (Å²) in [6.07, 6.45) is 7.54. The van der Waals surface area contributed by atoms with E-state index in [4.69, 9.17) is 5.11 Å². The van der Waals surface area contributed by atoms with Crippen molar-refractivity contribution in [2.75, 3.05) is 26.2 Å². The van der Waals surface area contributed by atoms with Gasteiger partial charge in [0.05, 0.1) is 0 Å². The average Bonchev–Trinajstić information content (AvgIpc) is 2.78. The van der Waals surface area contributed by atoms with Gasteiger partial charge in [0.2, 0.25) is 0 Å². The van der Waals surface area contributed by atoms with Crippen LogP contribution in [0.1, 0.15) is 52.4 Å². The molecule has 0 aromatic carbocycles. The van der Waals surface area contributed by atoms with Crippen molar-refractivity contribution in [1.29, 1.82) is 0 Å². The number of aliphatic hydroxyl groups is 1. The standard InChI is InChI=1S/C15H30N2O/c1-15(2,8-5-11-18)12-16-13-7-10-17-9-4-3-6-14(13)17/h13-14,16,18H,3-12H2,1-2H3. The van der Waals surface area contributed by atoms with Crippen LogP contribution in [0.4, 0.5) is 0 Å². The fourth-order valence-corrected chi connectivity index (χ4v) is 3.54. The summed E-state index contributed by atoms with van der Waals surface area (Å²) in [6, 6.07) is 1.51. The highest BCUT2D eigenvalue weighted by atomic mass is 16.2. The number of nitrogens with zero attached hydrogens (tertiary/aromatic N) is 1. The van der Waals surface area contributed by atoms with Crippen LogP contribution in [-0.2, 0) is 0 Å². The van der Waals surface area contributed by atoms with Crippen LogP contribution in [0.5, 0.6) is 0 Å². The lowest BCUT2D eigenvalue weighted by molar-refractivity contribution is 0.171. The Morgan fingerprint density at radius 3 is 2.83 bits per heavy atom. The molecule has 0 radical (unpaired) electrons. The highest BCUT2D eigenvalue weighted by Gasteiger charge is 2.35. The number of nitrogens with one attached hydrogen (secondary N) is 1. The Morgan fingerprint density at radius 1 is 1.22 bits per heavy atom. The molecule has 2 rings (SSSR count). The lowest BCUT2D eigenvalue weighted by Gasteiger charge is -2.34. The van der Waals surface area contributed by atoms with Crippen molar-refractivity contribution in [3.8, 4) is 0 Å². The van der Waals surface area contributed by atoms with Crippen LogP contribution in [0.3, 0.4) is 0 Å². The molecule has 2 fully saturated rings. The number of piperidine rings is 1. The Bertz CT molecular complexity index is 255. The Morgan fingerprint density at radius 2 is 2.06 bits per heavy atom. The van der Waals surface area contributed by atoms with E-state index in [-0.39, 0.29) is 0 Å². The van der Waals surface area contributed by atoms with Crippen LogP contribution in [0.25, 0.3) is 0 Å². The van der Waals surface area contributed by atoms with Crippen molar-refractivity contribution in [2.24, 2.45) is 5.41 Å². The summed E-state index contributed by atoms with van der Waals surface area (Å²) in [7, 11) is 0. The van der Waals surface area contributed by atoms with Crippen molar-refractivity contribution < 1.29 is 5.11 Å². The molecule has 0 aromatic heterocycles. The molecule has 3 heteroatoms. The van der Waals surface area contributed by atoms with Gasteiger partial charge in [-0.25, -0.2) is 0 Å². The molecule has 18 heavy (non-hydrogen) atoms. The van der Waals surface area contributed by atoms with E-state index in [0.717, 1.165) is 25.4 Å². The second-order valence-electron chi connectivity index (χ2n) is 6.87. The average molecular weight is 254 g/mol. The maximum atomic E-state index is 8.94. The fourth-order valence-electron chi connectivity index (χ4n) is 3.54. The number of fused-ring (bicyclic) bond motifs is 1. The summed E-state index contributed by atoms with van der Waals surface area (Å²) in [4.78, 5) is 2.68. The second kappa shape index (κ2) is 6.36. The zero-order chi connectivity index (χ0) is 13.0. The van der Waals surface area contributed by atoms with Crippen molar-refractivity contribution >= 4 is 0 Å². The Hall–Kier alpha value is -0.120. The molecular formula is C15H30N2O. The van der Waals surface area contributed by atoms with Gasteiger partial charge in [0.25, 0.3) is 0 Å². The van der Waals surface area contributed by atoms with Crippen LogP contribution in [0.15, 0.2) is 0 Å². The molecule has 2 aliphatic rings. The van der Waals surface area contributed by atoms with E-state index in [2.05, 4.69) is 24.1 Å². The molecule has 0 spiro atoms. The molecule has 2 saturated heterocycles. The zero-order valence-electron chi connectivity index (χ0n) is 12.1. The smallest absolute Gasteiger partial charge is 0.0431 e. The topological polar surface area (TPSA) is 35.5 Å². The Balaban J connectivity index is 1.76. The first kappa shape index (κ1) is 14.3. The molecule has 0 saturated carbocycles. The molecule has 0 aliphatic carbocycles. The molecule has 2 heterocycles. The maximum absolute atomic E-state index is 8.94. The van der Waals surface area contributed by atoms with Gasteiger partial charge in [-0.3, -0.25) is 4.90 Å². The van der Waals surface area contributed by atoms with Gasteiger partial charge in [0, 0.05) is 31.8 Å². The lowest BCUT2D eigenvalue weighted by atomic mass is 9.87. The minimum Gasteiger partial charge on any atom is -0.396 e. The van der Waals surface area contributed by atoms with E-state index in [1.807, 2.05) is 0 Å². The number of aliphatic hydroxyl groups excluding tert-OH is 1. The van der Waals surface area contributed by atoms with Crippen LogP contribution < -0.4 is 5.32 Å². The van der Waals surface area contributed by atoms with E-state index in [1.165, 1.54) is 38.8 Å². The largest absolute Gasteiger partial charge is 0.396 e. The molecule has 0 amide bonds. The fraction of sp³-hybridized carbons (Fsp3) is 1.00.